The molecule has 1 amide bonds. The fourth-order valence-electron chi connectivity index (χ4n) is 3.33. The van der Waals surface area contributed by atoms with Gasteiger partial charge in [0, 0.05) is 16.1 Å². The third kappa shape index (κ3) is 6.50. The standard InChI is InChI=1S/C26H28ClNO3/c1-18(2)15-25(19-11-13-22(30-3)14-12-19)28-26(29)20-8-6-9-23(16-20)31-17-21-7-4-5-10-24(21)27/h4-14,16,18,25H,15,17H2,1-3H3,(H,28,29)/t25-/m1/s1. The van der Waals surface area contributed by atoms with Crippen LogP contribution in [0.5, 0.6) is 11.5 Å². The Morgan fingerprint density at radius 1 is 0.968 bits per heavy atom. The lowest BCUT2D eigenvalue weighted by Crippen LogP contribution is -2.29. The maximum atomic E-state index is 13.0. The fourth-order valence-corrected chi connectivity index (χ4v) is 3.52. The Labute approximate surface area is 189 Å². The van der Waals surface area contributed by atoms with Crippen LogP contribution in [-0.4, -0.2) is 13.0 Å². The van der Waals surface area contributed by atoms with Crippen molar-refractivity contribution in [2.24, 2.45) is 5.92 Å². The highest BCUT2D eigenvalue weighted by atomic mass is 35.5. The van der Waals surface area contributed by atoms with E-state index in [1.54, 1.807) is 19.2 Å². The molecule has 3 aromatic carbocycles. The molecule has 0 aromatic heterocycles. The van der Waals surface area contributed by atoms with Gasteiger partial charge < -0.3 is 14.8 Å². The van der Waals surface area contributed by atoms with Crippen molar-refractivity contribution in [1.29, 1.82) is 0 Å². The molecule has 0 aliphatic carbocycles. The summed E-state index contributed by atoms with van der Waals surface area (Å²) in [5.41, 5.74) is 2.50. The molecular weight excluding hydrogens is 410 g/mol. The molecule has 0 heterocycles. The van der Waals surface area contributed by atoms with E-state index >= 15 is 0 Å². The van der Waals surface area contributed by atoms with Crippen molar-refractivity contribution in [3.63, 3.8) is 0 Å². The van der Waals surface area contributed by atoms with E-state index in [0.29, 0.717) is 28.9 Å². The first kappa shape index (κ1) is 22.7. The maximum Gasteiger partial charge on any atom is 0.251 e. The van der Waals surface area contributed by atoms with Crippen molar-refractivity contribution in [2.75, 3.05) is 7.11 Å². The molecule has 0 aliphatic rings. The average Bonchev–Trinajstić information content (AvgIpc) is 2.78. The molecule has 0 spiro atoms. The molecule has 0 radical (unpaired) electrons. The van der Waals surface area contributed by atoms with Crippen molar-refractivity contribution in [3.05, 3.63) is 94.5 Å². The van der Waals surface area contributed by atoms with Gasteiger partial charge in [-0.05, 0) is 54.3 Å². The molecule has 0 bridgehead atoms. The Balaban J connectivity index is 1.71. The number of rotatable bonds is 9. The number of carbonyl (C=O) groups is 1. The van der Waals surface area contributed by atoms with E-state index in [1.807, 2.05) is 60.7 Å². The van der Waals surface area contributed by atoms with Crippen LogP contribution in [0.1, 0.15) is 47.8 Å². The second-order valence-corrected chi connectivity index (χ2v) is 8.24. The fraction of sp³-hybridized carbons (Fsp3) is 0.269. The van der Waals surface area contributed by atoms with Gasteiger partial charge in [0.05, 0.1) is 13.2 Å². The van der Waals surface area contributed by atoms with Crippen molar-refractivity contribution < 1.29 is 14.3 Å². The Morgan fingerprint density at radius 3 is 2.39 bits per heavy atom. The first-order valence-corrected chi connectivity index (χ1v) is 10.7. The number of ether oxygens (including phenoxy) is 2. The second-order valence-electron chi connectivity index (χ2n) is 7.84. The van der Waals surface area contributed by atoms with Crippen LogP contribution in [0.15, 0.2) is 72.8 Å². The van der Waals surface area contributed by atoms with Crippen LogP contribution in [0.3, 0.4) is 0 Å². The van der Waals surface area contributed by atoms with E-state index in [1.165, 1.54) is 0 Å². The van der Waals surface area contributed by atoms with Crippen molar-refractivity contribution in [3.8, 4) is 11.5 Å². The first-order valence-electron chi connectivity index (χ1n) is 10.4. The monoisotopic (exact) mass is 437 g/mol. The van der Waals surface area contributed by atoms with E-state index in [0.717, 1.165) is 23.3 Å². The SMILES string of the molecule is COc1ccc([C@@H](CC(C)C)NC(=O)c2cccc(OCc3ccccc3Cl)c2)cc1. The van der Waals surface area contributed by atoms with Crippen molar-refractivity contribution >= 4 is 17.5 Å². The highest BCUT2D eigenvalue weighted by molar-refractivity contribution is 6.31. The number of hydrogen-bond acceptors (Lipinski definition) is 3. The van der Waals surface area contributed by atoms with Crippen LogP contribution in [0.25, 0.3) is 0 Å². The van der Waals surface area contributed by atoms with Gasteiger partial charge in [-0.2, -0.15) is 0 Å². The van der Waals surface area contributed by atoms with Gasteiger partial charge in [-0.3, -0.25) is 4.79 Å². The quantitative estimate of drug-likeness (QED) is 0.418. The first-order chi connectivity index (χ1) is 15.0. The van der Waals surface area contributed by atoms with Crippen molar-refractivity contribution in [2.45, 2.75) is 32.9 Å². The zero-order chi connectivity index (χ0) is 22.2. The molecule has 0 unspecified atom stereocenters. The third-order valence-corrected chi connectivity index (χ3v) is 5.35. The van der Waals surface area contributed by atoms with Crippen LogP contribution >= 0.6 is 11.6 Å². The lowest BCUT2D eigenvalue weighted by molar-refractivity contribution is 0.0931. The van der Waals surface area contributed by atoms with E-state index in [-0.39, 0.29) is 11.9 Å². The number of amides is 1. The molecule has 0 fully saturated rings. The molecule has 3 rings (SSSR count). The van der Waals surface area contributed by atoms with E-state index in [4.69, 9.17) is 21.1 Å². The Bertz CT molecular complexity index is 1000. The van der Waals surface area contributed by atoms with Crippen LogP contribution in [0, 0.1) is 5.92 Å². The molecule has 1 atom stereocenters. The van der Waals surface area contributed by atoms with E-state index in [9.17, 15) is 4.79 Å². The molecule has 4 nitrogen and oxygen atoms in total. The van der Waals surface area contributed by atoms with E-state index < -0.39 is 0 Å². The summed E-state index contributed by atoms with van der Waals surface area (Å²) in [6, 6.07) is 22.5. The van der Waals surface area contributed by atoms with Crippen LogP contribution in [0.4, 0.5) is 0 Å². The molecule has 0 aliphatic heterocycles. The van der Waals surface area contributed by atoms with Gasteiger partial charge in [-0.25, -0.2) is 0 Å². The number of halogens is 1. The zero-order valence-corrected chi connectivity index (χ0v) is 18.9. The zero-order valence-electron chi connectivity index (χ0n) is 18.1. The number of hydrogen-bond donors (Lipinski definition) is 1. The summed E-state index contributed by atoms with van der Waals surface area (Å²) in [5.74, 6) is 1.71. The van der Waals surface area contributed by atoms with Gasteiger partial charge in [0.2, 0.25) is 0 Å². The smallest absolute Gasteiger partial charge is 0.251 e. The summed E-state index contributed by atoms with van der Waals surface area (Å²) in [7, 11) is 1.64. The summed E-state index contributed by atoms with van der Waals surface area (Å²) in [6.45, 7) is 4.63. The Hall–Kier alpha value is -2.98. The number of methoxy groups -OCH3 is 1. The van der Waals surface area contributed by atoms with Gasteiger partial charge >= 0.3 is 0 Å². The molecule has 3 aromatic rings. The minimum atomic E-state index is -0.135. The average molecular weight is 438 g/mol. The van der Waals surface area contributed by atoms with Gasteiger partial charge in [-0.15, -0.1) is 0 Å². The summed E-state index contributed by atoms with van der Waals surface area (Å²) in [4.78, 5) is 13.0. The van der Waals surface area contributed by atoms with Crippen molar-refractivity contribution in [1.82, 2.24) is 5.32 Å². The summed E-state index contributed by atoms with van der Waals surface area (Å²) in [5, 5.41) is 3.83. The highest BCUT2D eigenvalue weighted by Crippen LogP contribution is 2.25. The molecule has 0 saturated heterocycles. The van der Waals surface area contributed by atoms with Gasteiger partial charge in [0.1, 0.15) is 18.1 Å². The number of benzene rings is 3. The topological polar surface area (TPSA) is 47.6 Å². The normalized spacial score (nSPS) is 11.8. The molecule has 31 heavy (non-hydrogen) atoms. The molecule has 1 N–H and O–H groups in total. The van der Waals surface area contributed by atoms with Crippen LogP contribution in [0.2, 0.25) is 5.02 Å². The molecule has 5 heteroatoms. The maximum absolute atomic E-state index is 13.0. The van der Waals surface area contributed by atoms with Crippen LogP contribution < -0.4 is 14.8 Å². The largest absolute Gasteiger partial charge is 0.497 e. The summed E-state index contributed by atoms with van der Waals surface area (Å²) < 4.78 is 11.1. The number of nitrogens with one attached hydrogen (secondary N) is 1. The lowest BCUT2D eigenvalue weighted by Gasteiger charge is -2.21. The third-order valence-electron chi connectivity index (χ3n) is 4.98. The van der Waals surface area contributed by atoms with Gasteiger partial charge in [0.25, 0.3) is 5.91 Å². The lowest BCUT2D eigenvalue weighted by atomic mass is 9.96. The van der Waals surface area contributed by atoms with E-state index in [2.05, 4.69) is 19.2 Å². The second kappa shape index (κ2) is 10.9. The Morgan fingerprint density at radius 2 is 1.71 bits per heavy atom. The minimum Gasteiger partial charge on any atom is -0.497 e. The summed E-state index contributed by atoms with van der Waals surface area (Å²) >= 11 is 6.20. The predicted molar refractivity (Wildman–Crippen MR) is 125 cm³/mol. The summed E-state index contributed by atoms with van der Waals surface area (Å²) in [6.07, 6.45) is 0.834. The van der Waals surface area contributed by atoms with Crippen LogP contribution in [-0.2, 0) is 6.61 Å². The predicted octanol–water partition coefficient (Wildman–Crippen LogP) is 6.44. The highest BCUT2D eigenvalue weighted by Gasteiger charge is 2.18. The molecule has 0 saturated carbocycles. The number of carbonyl (C=O) groups excluding carboxylic acids is 1. The van der Waals surface area contributed by atoms with Gasteiger partial charge in [-0.1, -0.05) is 61.8 Å². The van der Waals surface area contributed by atoms with Gasteiger partial charge in [0.15, 0.2) is 0 Å². The molecular formula is C26H28ClNO3. The minimum absolute atomic E-state index is 0.0916. The molecule has 162 valence electrons. The Kier molecular flexibility index (Phi) is 7.96.